The Morgan fingerprint density at radius 3 is 2.00 bits per heavy atom. The first-order chi connectivity index (χ1) is 18.5. The highest BCUT2D eigenvalue weighted by molar-refractivity contribution is 5.93. The Morgan fingerprint density at radius 2 is 1.44 bits per heavy atom. The molecule has 6 nitrogen and oxygen atoms in total. The molecule has 204 valence electrons. The molecule has 3 aromatic carbocycles. The summed E-state index contributed by atoms with van der Waals surface area (Å²) in [5.41, 5.74) is -2.31. The van der Waals surface area contributed by atoms with Crippen LogP contribution in [0.5, 0.6) is 11.5 Å². The predicted molar refractivity (Wildman–Crippen MR) is 130 cm³/mol. The first kappa shape index (κ1) is 27.6. The van der Waals surface area contributed by atoms with Crippen molar-refractivity contribution in [2.45, 2.75) is 12.4 Å². The highest BCUT2D eigenvalue weighted by atomic mass is 19.4. The van der Waals surface area contributed by atoms with Crippen LogP contribution in [0, 0.1) is 0 Å². The summed E-state index contributed by atoms with van der Waals surface area (Å²) in [6, 6.07) is 14.0. The number of imidazole rings is 1. The molecule has 4 rings (SSSR count). The molecule has 0 saturated heterocycles. The summed E-state index contributed by atoms with van der Waals surface area (Å²) in [5, 5.41) is 2.70. The molecule has 0 atom stereocenters. The van der Waals surface area contributed by atoms with Crippen molar-refractivity contribution in [3.05, 3.63) is 96.1 Å². The Labute approximate surface area is 218 Å². The van der Waals surface area contributed by atoms with Gasteiger partial charge in [-0.2, -0.15) is 26.3 Å². The molecular weight excluding hydrogens is 528 g/mol. The van der Waals surface area contributed by atoms with Crippen molar-refractivity contribution in [2.24, 2.45) is 0 Å². The van der Waals surface area contributed by atoms with Gasteiger partial charge in [0.05, 0.1) is 37.3 Å². The van der Waals surface area contributed by atoms with E-state index in [1.807, 2.05) is 0 Å². The molecule has 39 heavy (non-hydrogen) atoms. The summed E-state index contributed by atoms with van der Waals surface area (Å²) in [5.74, 6) is 0.818. The molecule has 0 radical (unpaired) electrons. The van der Waals surface area contributed by atoms with Gasteiger partial charge in [-0.3, -0.25) is 9.36 Å². The molecule has 0 bridgehead atoms. The number of rotatable bonds is 8. The maximum atomic E-state index is 13.2. The third-order valence-corrected chi connectivity index (χ3v) is 5.65. The number of hydrogen-bond acceptors (Lipinski definition) is 4. The van der Waals surface area contributed by atoms with Crippen LogP contribution in [0.4, 0.5) is 26.3 Å². The fraction of sp³-hybridized carbons (Fsp3) is 0.185. The maximum Gasteiger partial charge on any atom is 0.416 e. The number of nitrogens with zero attached hydrogens (tertiary/aromatic N) is 2. The first-order valence-electron chi connectivity index (χ1n) is 11.4. The van der Waals surface area contributed by atoms with Crippen molar-refractivity contribution >= 4 is 5.91 Å². The van der Waals surface area contributed by atoms with E-state index in [-0.39, 0.29) is 36.0 Å². The van der Waals surface area contributed by atoms with Crippen LogP contribution >= 0.6 is 0 Å². The number of amides is 1. The maximum absolute atomic E-state index is 13.2. The third-order valence-electron chi connectivity index (χ3n) is 5.65. The standard InChI is InChI=1S/C27H21F6N3O3/c1-38-22-6-8-23(9-7-22)39-11-10-35-25(37)24-15-34-16-36(24)21-4-2-17(3-5-21)18-12-19(26(28,29)30)14-20(13-18)27(31,32)33/h2-9,12-16H,10-11H2,1H3,(H,35,37). The summed E-state index contributed by atoms with van der Waals surface area (Å²) in [4.78, 5) is 16.7. The zero-order chi connectivity index (χ0) is 28.2. The normalized spacial score (nSPS) is 11.8. The van der Waals surface area contributed by atoms with Crippen LogP contribution in [-0.2, 0) is 12.4 Å². The number of aromatic nitrogens is 2. The van der Waals surface area contributed by atoms with Crippen LogP contribution in [0.15, 0.2) is 79.3 Å². The van der Waals surface area contributed by atoms with Gasteiger partial charge in [0, 0.05) is 5.69 Å². The highest BCUT2D eigenvalue weighted by Gasteiger charge is 2.37. The van der Waals surface area contributed by atoms with Gasteiger partial charge in [-0.15, -0.1) is 0 Å². The minimum Gasteiger partial charge on any atom is -0.497 e. The van der Waals surface area contributed by atoms with Gasteiger partial charge in [-0.1, -0.05) is 12.1 Å². The third kappa shape index (κ3) is 6.70. The number of hydrogen-bond donors (Lipinski definition) is 1. The number of carbonyl (C=O) groups excluding carboxylic acids is 1. The molecule has 0 saturated carbocycles. The van der Waals surface area contributed by atoms with E-state index in [0.717, 1.165) is 0 Å². The number of benzene rings is 3. The number of carbonyl (C=O) groups is 1. The van der Waals surface area contributed by atoms with Crippen LogP contribution < -0.4 is 14.8 Å². The second-order valence-corrected chi connectivity index (χ2v) is 8.27. The molecule has 4 aromatic rings. The molecule has 0 aliphatic carbocycles. The van der Waals surface area contributed by atoms with E-state index in [4.69, 9.17) is 9.47 Å². The number of nitrogens with one attached hydrogen (secondary N) is 1. The summed E-state index contributed by atoms with van der Waals surface area (Å²) in [6.45, 7) is 0.379. The summed E-state index contributed by atoms with van der Waals surface area (Å²) in [6.07, 6.45) is -7.21. The van der Waals surface area contributed by atoms with E-state index < -0.39 is 29.4 Å². The number of methoxy groups -OCH3 is 1. The van der Waals surface area contributed by atoms with E-state index in [1.165, 1.54) is 41.4 Å². The van der Waals surface area contributed by atoms with E-state index in [2.05, 4.69) is 10.3 Å². The van der Waals surface area contributed by atoms with Crippen molar-refractivity contribution in [3.8, 4) is 28.3 Å². The Balaban J connectivity index is 1.46. The predicted octanol–water partition coefficient (Wildman–Crippen LogP) is 6.39. The Kier molecular flexibility index (Phi) is 7.84. The van der Waals surface area contributed by atoms with Crippen molar-refractivity contribution < 1.29 is 40.6 Å². The van der Waals surface area contributed by atoms with Gasteiger partial charge < -0.3 is 14.8 Å². The van der Waals surface area contributed by atoms with Gasteiger partial charge in [-0.05, 0) is 65.7 Å². The van der Waals surface area contributed by atoms with Crippen LogP contribution in [-0.4, -0.2) is 35.7 Å². The zero-order valence-electron chi connectivity index (χ0n) is 20.3. The Bertz CT molecular complexity index is 1400. The summed E-state index contributed by atoms with van der Waals surface area (Å²) < 4.78 is 91.4. The number of alkyl halides is 6. The molecule has 0 unspecified atom stereocenters. The minimum absolute atomic E-state index is 0.0797. The molecular formula is C27H21F6N3O3. The number of halogens is 6. The molecule has 0 aliphatic rings. The monoisotopic (exact) mass is 549 g/mol. The lowest BCUT2D eigenvalue weighted by atomic mass is 9.99. The Hall–Kier alpha value is -4.48. The van der Waals surface area contributed by atoms with E-state index in [1.54, 1.807) is 31.4 Å². The van der Waals surface area contributed by atoms with Crippen LogP contribution in [0.3, 0.4) is 0 Å². The smallest absolute Gasteiger partial charge is 0.416 e. The molecule has 0 aliphatic heterocycles. The summed E-state index contributed by atoms with van der Waals surface area (Å²) >= 11 is 0. The van der Waals surface area contributed by atoms with Crippen molar-refractivity contribution in [2.75, 3.05) is 20.3 Å². The van der Waals surface area contributed by atoms with Gasteiger partial charge >= 0.3 is 12.4 Å². The van der Waals surface area contributed by atoms with Crippen molar-refractivity contribution in [1.82, 2.24) is 14.9 Å². The number of ether oxygens (including phenoxy) is 2. The topological polar surface area (TPSA) is 65.4 Å². The molecule has 1 amide bonds. The van der Waals surface area contributed by atoms with Gasteiger partial charge in [0.2, 0.25) is 0 Å². The molecule has 0 fully saturated rings. The highest BCUT2D eigenvalue weighted by Crippen LogP contribution is 2.38. The average Bonchev–Trinajstić information content (AvgIpc) is 3.40. The van der Waals surface area contributed by atoms with Gasteiger partial charge in [0.25, 0.3) is 5.91 Å². The first-order valence-corrected chi connectivity index (χ1v) is 11.4. The lowest BCUT2D eigenvalue weighted by molar-refractivity contribution is -0.143. The van der Waals surface area contributed by atoms with Crippen LogP contribution in [0.2, 0.25) is 0 Å². The van der Waals surface area contributed by atoms with Gasteiger partial charge in [0.15, 0.2) is 0 Å². The van der Waals surface area contributed by atoms with Gasteiger partial charge in [0.1, 0.15) is 23.8 Å². The van der Waals surface area contributed by atoms with E-state index in [9.17, 15) is 31.1 Å². The molecule has 0 spiro atoms. The van der Waals surface area contributed by atoms with Crippen LogP contribution in [0.1, 0.15) is 21.6 Å². The molecule has 12 heteroatoms. The Morgan fingerprint density at radius 1 is 0.846 bits per heavy atom. The fourth-order valence-electron chi connectivity index (χ4n) is 3.70. The average molecular weight is 549 g/mol. The largest absolute Gasteiger partial charge is 0.497 e. The zero-order valence-corrected chi connectivity index (χ0v) is 20.3. The van der Waals surface area contributed by atoms with Crippen LogP contribution in [0.25, 0.3) is 16.8 Å². The SMILES string of the molecule is COc1ccc(OCCNC(=O)c2cncn2-c2ccc(-c3cc(C(F)(F)F)cc(C(F)(F)F)c3)cc2)cc1. The van der Waals surface area contributed by atoms with Gasteiger partial charge in [-0.25, -0.2) is 4.98 Å². The lowest BCUT2D eigenvalue weighted by Gasteiger charge is -2.15. The van der Waals surface area contributed by atoms with E-state index in [0.29, 0.717) is 29.3 Å². The molecule has 1 N–H and O–H groups in total. The van der Waals surface area contributed by atoms with E-state index >= 15 is 0 Å². The quantitative estimate of drug-likeness (QED) is 0.204. The molecule has 1 heterocycles. The van der Waals surface area contributed by atoms with Crippen molar-refractivity contribution in [1.29, 1.82) is 0 Å². The summed E-state index contributed by atoms with van der Waals surface area (Å²) in [7, 11) is 1.55. The lowest BCUT2D eigenvalue weighted by Crippen LogP contribution is -2.29. The van der Waals surface area contributed by atoms with Crippen molar-refractivity contribution in [3.63, 3.8) is 0 Å². The second kappa shape index (κ2) is 11.1. The second-order valence-electron chi connectivity index (χ2n) is 8.27. The fourth-order valence-corrected chi connectivity index (χ4v) is 3.70. The molecule has 1 aromatic heterocycles. The minimum atomic E-state index is -4.95.